The van der Waals surface area contributed by atoms with E-state index in [-0.39, 0.29) is 17.2 Å². The Kier molecular flexibility index (Phi) is 5.15. The molecule has 3 aromatic heterocycles. The summed E-state index contributed by atoms with van der Waals surface area (Å²) < 4.78 is 2.88. The van der Waals surface area contributed by atoms with Crippen molar-refractivity contribution in [3.8, 4) is 22.5 Å². The van der Waals surface area contributed by atoms with Crippen LogP contribution in [-0.2, 0) is 0 Å². The number of nitrogens with one attached hydrogen (secondary N) is 2. The van der Waals surface area contributed by atoms with Crippen LogP contribution in [0.4, 0.5) is 5.82 Å². The van der Waals surface area contributed by atoms with Crippen LogP contribution >= 0.6 is 0 Å². The van der Waals surface area contributed by atoms with E-state index >= 15 is 0 Å². The van der Waals surface area contributed by atoms with Gasteiger partial charge in [0.2, 0.25) is 0 Å². The predicted molar refractivity (Wildman–Crippen MR) is 149 cm³/mol. The zero-order chi connectivity index (χ0) is 26.5. The average Bonchev–Trinajstić information content (AvgIpc) is 3.31. The van der Waals surface area contributed by atoms with Crippen LogP contribution < -0.4 is 10.9 Å². The first-order chi connectivity index (χ1) is 19.1. The summed E-state index contributed by atoms with van der Waals surface area (Å²) in [6.07, 6.45) is 0. The standard InChI is InChI=1S/C30H22N8O/c1-18-32-25(20-13-7-3-8-14-20)24-27(31)38-29(26(35-28(24)33-18)21-15-9-4-10-16-21)36-30-34-22(17-23(39)37(30)38)19-11-5-2-6-12-19/h2-17,26,31H,1H3,(H,32,33,35). The second-order valence-corrected chi connectivity index (χ2v) is 9.28. The summed E-state index contributed by atoms with van der Waals surface area (Å²) in [5, 5.41) is 13.0. The largest absolute Gasteiger partial charge is 0.355 e. The number of benzene rings is 3. The van der Waals surface area contributed by atoms with Gasteiger partial charge in [0.15, 0.2) is 11.7 Å². The first kappa shape index (κ1) is 22.7. The maximum Gasteiger partial charge on any atom is 0.275 e. The van der Waals surface area contributed by atoms with Crippen LogP contribution in [0.5, 0.6) is 0 Å². The Morgan fingerprint density at radius 3 is 2.13 bits per heavy atom. The minimum Gasteiger partial charge on any atom is -0.355 e. The van der Waals surface area contributed by atoms with Crippen LogP contribution in [-0.4, -0.2) is 35.0 Å². The summed E-state index contributed by atoms with van der Waals surface area (Å²) in [7, 11) is 0. The van der Waals surface area contributed by atoms with Crippen molar-refractivity contribution in [2.75, 3.05) is 5.32 Å². The Morgan fingerprint density at radius 2 is 1.44 bits per heavy atom. The molecule has 1 atom stereocenters. The summed E-state index contributed by atoms with van der Waals surface area (Å²) in [4.78, 5) is 32.6. The van der Waals surface area contributed by atoms with Crippen LogP contribution in [0.15, 0.2) is 102 Å². The molecule has 7 rings (SSSR count). The zero-order valence-electron chi connectivity index (χ0n) is 20.9. The molecule has 2 N–H and O–H groups in total. The van der Waals surface area contributed by atoms with Crippen LogP contribution in [0.1, 0.15) is 28.8 Å². The molecule has 1 aliphatic heterocycles. The van der Waals surface area contributed by atoms with Gasteiger partial charge in [-0.05, 0) is 12.5 Å². The van der Waals surface area contributed by atoms with Gasteiger partial charge in [-0.1, -0.05) is 91.0 Å². The van der Waals surface area contributed by atoms with E-state index in [0.717, 1.165) is 16.7 Å². The average molecular weight is 511 g/mol. The third-order valence-corrected chi connectivity index (χ3v) is 6.77. The highest BCUT2D eigenvalue weighted by molar-refractivity contribution is 6.07. The Morgan fingerprint density at radius 1 is 0.795 bits per heavy atom. The monoisotopic (exact) mass is 510 g/mol. The van der Waals surface area contributed by atoms with E-state index in [9.17, 15) is 10.2 Å². The molecule has 0 bridgehead atoms. The van der Waals surface area contributed by atoms with Crippen molar-refractivity contribution < 1.29 is 0 Å². The van der Waals surface area contributed by atoms with Crippen LogP contribution in [0.25, 0.3) is 28.3 Å². The number of aryl methyl sites for hydroxylation is 1. The van der Waals surface area contributed by atoms with E-state index in [1.165, 1.54) is 15.3 Å². The molecule has 3 aromatic carbocycles. The third-order valence-electron chi connectivity index (χ3n) is 6.77. The lowest BCUT2D eigenvalue weighted by molar-refractivity contribution is 0.728. The van der Waals surface area contributed by atoms with Gasteiger partial charge in [0, 0.05) is 17.2 Å². The lowest BCUT2D eigenvalue weighted by atomic mass is 10.0. The van der Waals surface area contributed by atoms with E-state index in [0.29, 0.717) is 34.4 Å². The van der Waals surface area contributed by atoms with Gasteiger partial charge in [0.1, 0.15) is 17.7 Å². The number of nitrogens with zero attached hydrogens (tertiary/aromatic N) is 6. The Hall–Kier alpha value is -5.44. The molecular weight excluding hydrogens is 488 g/mol. The van der Waals surface area contributed by atoms with E-state index in [1.54, 1.807) is 0 Å². The Bertz CT molecular complexity index is 1930. The number of hydrogen-bond donors (Lipinski definition) is 2. The molecule has 0 spiro atoms. The molecule has 0 aliphatic carbocycles. The van der Waals surface area contributed by atoms with Gasteiger partial charge in [-0.25, -0.2) is 19.6 Å². The number of rotatable bonds is 3. The molecule has 6 aromatic rings. The van der Waals surface area contributed by atoms with E-state index in [1.807, 2.05) is 97.9 Å². The van der Waals surface area contributed by atoms with Gasteiger partial charge < -0.3 is 5.32 Å². The normalized spacial score (nSPS) is 14.4. The molecule has 39 heavy (non-hydrogen) atoms. The fourth-order valence-electron chi connectivity index (χ4n) is 5.03. The van der Waals surface area contributed by atoms with Gasteiger partial charge in [0.25, 0.3) is 11.3 Å². The van der Waals surface area contributed by atoms with E-state index < -0.39 is 6.04 Å². The van der Waals surface area contributed by atoms with Crippen LogP contribution in [0.3, 0.4) is 0 Å². The van der Waals surface area contributed by atoms with E-state index in [2.05, 4.69) is 5.32 Å². The van der Waals surface area contributed by atoms with Gasteiger partial charge >= 0.3 is 0 Å². The summed E-state index contributed by atoms with van der Waals surface area (Å²) in [6, 6.07) is 30.0. The van der Waals surface area contributed by atoms with Crippen molar-refractivity contribution >= 4 is 17.4 Å². The lowest BCUT2D eigenvalue weighted by Gasteiger charge is -2.17. The molecular formula is C30H22N8O. The minimum absolute atomic E-state index is 0.0312. The first-order valence-electron chi connectivity index (χ1n) is 12.5. The fourth-order valence-corrected chi connectivity index (χ4v) is 5.03. The highest BCUT2D eigenvalue weighted by Gasteiger charge is 2.34. The van der Waals surface area contributed by atoms with E-state index in [4.69, 9.17) is 19.9 Å². The number of hydrogen-bond acceptors (Lipinski definition) is 7. The number of fused-ring (bicyclic) bond motifs is 4. The molecule has 0 saturated heterocycles. The molecule has 9 heteroatoms. The highest BCUT2D eigenvalue weighted by Crippen LogP contribution is 2.35. The predicted octanol–water partition coefficient (Wildman–Crippen LogP) is 4.71. The van der Waals surface area contributed by atoms with Gasteiger partial charge in [-0.2, -0.15) is 9.50 Å². The summed E-state index contributed by atoms with van der Waals surface area (Å²) >= 11 is 0. The van der Waals surface area contributed by atoms with Crippen molar-refractivity contribution in [3.63, 3.8) is 0 Å². The Labute approximate surface area is 223 Å². The third kappa shape index (κ3) is 3.71. The highest BCUT2D eigenvalue weighted by atomic mass is 16.1. The number of aromatic nitrogens is 6. The maximum absolute atomic E-state index is 13.6. The quantitative estimate of drug-likeness (QED) is 0.356. The topological polar surface area (TPSA) is 114 Å². The first-order valence-corrected chi connectivity index (χ1v) is 12.5. The van der Waals surface area contributed by atoms with Gasteiger partial charge in [-0.15, -0.1) is 0 Å². The number of anilines is 1. The molecule has 9 nitrogen and oxygen atoms in total. The molecule has 0 radical (unpaired) electrons. The Balaban J connectivity index is 1.54. The van der Waals surface area contributed by atoms with Crippen molar-refractivity contribution in [2.24, 2.45) is 0 Å². The molecule has 0 amide bonds. The van der Waals surface area contributed by atoms with Gasteiger partial charge in [-0.3, -0.25) is 10.2 Å². The summed E-state index contributed by atoms with van der Waals surface area (Å²) in [5.74, 6) is 1.76. The second-order valence-electron chi connectivity index (χ2n) is 9.28. The summed E-state index contributed by atoms with van der Waals surface area (Å²) in [6.45, 7) is 1.83. The SMILES string of the molecule is Cc1nc2c(c(-c3ccccc3)n1)C(=N)n1c(nc3nc(-c4ccccc4)cc(=O)n31)C(c1ccccc1)N2. The molecule has 188 valence electrons. The molecule has 0 saturated carbocycles. The minimum atomic E-state index is -0.507. The van der Waals surface area contributed by atoms with Crippen molar-refractivity contribution in [3.05, 3.63) is 130 Å². The smallest absolute Gasteiger partial charge is 0.275 e. The zero-order valence-corrected chi connectivity index (χ0v) is 20.9. The lowest BCUT2D eigenvalue weighted by Crippen LogP contribution is -2.28. The molecule has 1 aliphatic rings. The van der Waals surface area contributed by atoms with Gasteiger partial charge in [0.05, 0.1) is 17.0 Å². The van der Waals surface area contributed by atoms with Crippen LogP contribution in [0.2, 0.25) is 0 Å². The second kappa shape index (κ2) is 8.84. The molecule has 1 unspecified atom stereocenters. The summed E-state index contributed by atoms with van der Waals surface area (Å²) in [5.41, 5.74) is 3.81. The maximum atomic E-state index is 13.6. The fraction of sp³-hybridized carbons (Fsp3) is 0.0667. The van der Waals surface area contributed by atoms with Crippen molar-refractivity contribution in [2.45, 2.75) is 13.0 Å². The van der Waals surface area contributed by atoms with Crippen molar-refractivity contribution in [1.82, 2.24) is 29.1 Å². The molecule has 4 heterocycles. The van der Waals surface area contributed by atoms with Crippen molar-refractivity contribution in [1.29, 1.82) is 5.41 Å². The van der Waals surface area contributed by atoms with Crippen LogP contribution in [0, 0.1) is 12.3 Å². The molecule has 0 fully saturated rings.